The molecule has 0 radical (unpaired) electrons. The summed E-state index contributed by atoms with van der Waals surface area (Å²) < 4.78 is 0. The van der Waals surface area contributed by atoms with Gasteiger partial charge in [-0.05, 0) is 31.5 Å². The van der Waals surface area contributed by atoms with E-state index in [4.69, 9.17) is 5.73 Å². The molecule has 1 aliphatic heterocycles. The maximum absolute atomic E-state index is 5.92. The van der Waals surface area contributed by atoms with Crippen molar-refractivity contribution < 1.29 is 0 Å². The van der Waals surface area contributed by atoms with Crippen molar-refractivity contribution in [1.29, 1.82) is 0 Å². The van der Waals surface area contributed by atoms with Gasteiger partial charge in [-0.1, -0.05) is 6.07 Å². The zero-order valence-electron chi connectivity index (χ0n) is 8.39. The number of nitrogens with zero attached hydrogens (tertiary/aromatic N) is 2. The highest BCUT2D eigenvalue weighted by molar-refractivity contribution is 5.03. The second kappa shape index (κ2) is 4.53. The predicted octanol–water partition coefficient (Wildman–Crippen LogP) is 1.00. The normalized spacial score (nSPS) is 23.6. The molecule has 1 unspecified atom stereocenters. The van der Waals surface area contributed by atoms with Crippen LogP contribution in [0.1, 0.15) is 18.5 Å². The van der Waals surface area contributed by atoms with Crippen molar-refractivity contribution in [2.24, 2.45) is 5.73 Å². The van der Waals surface area contributed by atoms with E-state index < -0.39 is 0 Å². The quantitative estimate of drug-likeness (QED) is 0.758. The Morgan fingerprint density at radius 2 is 2.43 bits per heavy atom. The number of hydrogen-bond acceptors (Lipinski definition) is 3. The van der Waals surface area contributed by atoms with Crippen LogP contribution in [0.5, 0.6) is 0 Å². The van der Waals surface area contributed by atoms with E-state index in [1.54, 1.807) is 0 Å². The molecular weight excluding hydrogens is 174 g/mol. The molecule has 0 saturated carbocycles. The molecule has 14 heavy (non-hydrogen) atoms. The van der Waals surface area contributed by atoms with Crippen LogP contribution < -0.4 is 5.73 Å². The van der Waals surface area contributed by atoms with E-state index in [1.807, 2.05) is 18.3 Å². The van der Waals surface area contributed by atoms with E-state index in [1.165, 1.54) is 12.8 Å². The van der Waals surface area contributed by atoms with Gasteiger partial charge in [-0.3, -0.25) is 9.88 Å². The molecule has 3 heteroatoms. The van der Waals surface area contributed by atoms with Crippen LogP contribution in [0, 0.1) is 0 Å². The third-order valence-electron chi connectivity index (χ3n) is 2.65. The van der Waals surface area contributed by atoms with E-state index >= 15 is 0 Å². The van der Waals surface area contributed by atoms with Crippen molar-refractivity contribution >= 4 is 0 Å². The SMILES string of the molecule is NC1CCCN(Cc2ccccn2)C1. The molecule has 1 atom stereocenters. The molecule has 3 nitrogen and oxygen atoms in total. The van der Waals surface area contributed by atoms with Gasteiger partial charge in [-0.2, -0.15) is 0 Å². The fourth-order valence-corrected chi connectivity index (χ4v) is 1.96. The van der Waals surface area contributed by atoms with Crippen molar-refractivity contribution in [2.75, 3.05) is 13.1 Å². The van der Waals surface area contributed by atoms with Crippen LogP contribution in [0.2, 0.25) is 0 Å². The van der Waals surface area contributed by atoms with Crippen LogP contribution in [0.25, 0.3) is 0 Å². The third kappa shape index (κ3) is 2.53. The Hall–Kier alpha value is -0.930. The van der Waals surface area contributed by atoms with Crippen LogP contribution in [0.4, 0.5) is 0 Å². The maximum atomic E-state index is 5.92. The van der Waals surface area contributed by atoms with Gasteiger partial charge in [-0.15, -0.1) is 0 Å². The predicted molar refractivity (Wildman–Crippen MR) is 56.7 cm³/mol. The topological polar surface area (TPSA) is 42.1 Å². The van der Waals surface area contributed by atoms with E-state index in [9.17, 15) is 0 Å². The highest BCUT2D eigenvalue weighted by Gasteiger charge is 2.16. The smallest absolute Gasteiger partial charge is 0.0543 e. The molecule has 2 heterocycles. The summed E-state index contributed by atoms with van der Waals surface area (Å²) in [6, 6.07) is 6.41. The lowest BCUT2D eigenvalue weighted by Crippen LogP contribution is -2.42. The van der Waals surface area contributed by atoms with Gasteiger partial charge in [0.2, 0.25) is 0 Å². The van der Waals surface area contributed by atoms with Crippen molar-refractivity contribution in [2.45, 2.75) is 25.4 Å². The first kappa shape index (κ1) is 9.62. The van der Waals surface area contributed by atoms with E-state index in [0.29, 0.717) is 6.04 Å². The molecule has 2 rings (SSSR count). The highest BCUT2D eigenvalue weighted by atomic mass is 15.1. The number of nitrogens with two attached hydrogens (primary N) is 1. The average molecular weight is 191 g/mol. The van der Waals surface area contributed by atoms with Gasteiger partial charge in [0.1, 0.15) is 0 Å². The van der Waals surface area contributed by atoms with Gasteiger partial charge < -0.3 is 5.73 Å². The lowest BCUT2D eigenvalue weighted by Gasteiger charge is -2.30. The van der Waals surface area contributed by atoms with Crippen molar-refractivity contribution in [3.05, 3.63) is 30.1 Å². The zero-order valence-corrected chi connectivity index (χ0v) is 8.39. The number of likely N-dealkylation sites (tertiary alicyclic amines) is 1. The van der Waals surface area contributed by atoms with Gasteiger partial charge in [0.25, 0.3) is 0 Å². The second-order valence-corrected chi connectivity index (χ2v) is 3.96. The van der Waals surface area contributed by atoms with Gasteiger partial charge >= 0.3 is 0 Å². The maximum Gasteiger partial charge on any atom is 0.0543 e. The molecule has 0 amide bonds. The monoisotopic (exact) mass is 191 g/mol. The number of rotatable bonds is 2. The Labute approximate surface area is 84.9 Å². The number of piperidine rings is 1. The molecule has 1 aliphatic rings. The molecule has 0 spiro atoms. The largest absolute Gasteiger partial charge is 0.327 e. The molecule has 1 aromatic heterocycles. The van der Waals surface area contributed by atoms with Crippen LogP contribution in [-0.4, -0.2) is 29.0 Å². The summed E-state index contributed by atoms with van der Waals surface area (Å²) in [5, 5.41) is 0. The fourth-order valence-electron chi connectivity index (χ4n) is 1.96. The summed E-state index contributed by atoms with van der Waals surface area (Å²) in [5.41, 5.74) is 7.06. The van der Waals surface area contributed by atoms with Crippen molar-refractivity contribution in [3.8, 4) is 0 Å². The van der Waals surface area contributed by atoms with E-state index in [-0.39, 0.29) is 0 Å². The first-order valence-corrected chi connectivity index (χ1v) is 5.22. The van der Waals surface area contributed by atoms with E-state index in [0.717, 1.165) is 25.3 Å². The standard InChI is InChI=1S/C11H17N3/c12-10-4-3-7-14(8-10)9-11-5-1-2-6-13-11/h1-2,5-6,10H,3-4,7-9,12H2. The summed E-state index contributed by atoms with van der Waals surface area (Å²) in [6.07, 6.45) is 4.23. The molecule has 1 aromatic rings. The molecule has 0 aromatic carbocycles. The Kier molecular flexibility index (Phi) is 3.11. The number of aromatic nitrogens is 1. The first-order valence-electron chi connectivity index (χ1n) is 5.22. The van der Waals surface area contributed by atoms with Crippen LogP contribution in [-0.2, 0) is 6.54 Å². The van der Waals surface area contributed by atoms with Crippen LogP contribution in [0.3, 0.4) is 0 Å². The Morgan fingerprint density at radius 3 is 3.14 bits per heavy atom. The Morgan fingerprint density at radius 1 is 1.50 bits per heavy atom. The molecule has 1 fully saturated rings. The molecule has 76 valence electrons. The summed E-state index contributed by atoms with van der Waals surface area (Å²) >= 11 is 0. The molecular formula is C11H17N3. The summed E-state index contributed by atoms with van der Waals surface area (Å²) in [6.45, 7) is 3.11. The molecule has 2 N–H and O–H groups in total. The fraction of sp³-hybridized carbons (Fsp3) is 0.545. The Balaban J connectivity index is 1.91. The van der Waals surface area contributed by atoms with Gasteiger partial charge in [0.15, 0.2) is 0 Å². The summed E-state index contributed by atoms with van der Waals surface area (Å²) in [5.74, 6) is 0. The highest BCUT2D eigenvalue weighted by Crippen LogP contribution is 2.10. The average Bonchev–Trinajstić information content (AvgIpc) is 2.19. The van der Waals surface area contributed by atoms with Crippen molar-refractivity contribution in [3.63, 3.8) is 0 Å². The number of hydrogen-bond donors (Lipinski definition) is 1. The Bertz CT molecular complexity index is 273. The van der Waals surface area contributed by atoms with E-state index in [2.05, 4.69) is 16.0 Å². The second-order valence-electron chi connectivity index (χ2n) is 3.96. The van der Waals surface area contributed by atoms with Crippen molar-refractivity contribution in [1.82, 2.24) is 9.88 Å². The minimum Gasteiger partial charge on any atom is -0.327 e. The minimum absolute atomic E-state index is 0.354. The van der Waals surface area contributed by atoms with Crippen LogP contribution >= 0.6 is 0 Å². The third-order valence-corrected chi connectivity index (χ3v) is 2.65. The number of pyridine rings is 1. The lowest BCUT2D eigenvalue weighted by molar-refractivity contribution is 0.199. The van der Waals surface area contributed by atoms with Gasteiger partial charge in [0, 0.05) is 25.3 Å². The zero-order chi connectivity index (χ0) is 9.80. The summed E-state index contributed by atoms with van der Waals surface area (Å²) in [4.78, 5) is 6.70. The first-order chi connectivity index (χ1) is 6.84. The molecule has 1 saturated heterocycles. The lowest BCUT2D eigenvalue weighted by atomic mass is 10.1. The molecule has 0 aliphatic carbocycles. The summed E-state index contributed by atoms with van der Waals surface area (Å²) in [7, 11) is 0. The van der Waals surface area contributed by atoms with Crippen LogP contribution in [0.15, 0.2) is 24.4 Å². The van der Waals surface area contributed by atoms with Gasteiger partial charge in [-0.25, -0.2) is 0 Å². The van der Waals surface area contributed by atoms with Gasteiger partial charge in [0.05, 0.1) is 5.69 Å². The minimum atomic E-state index is 0.354. The molecule has 0 bridgehead atoms.